The molecule has 1 aromatic carbocycles. The van der Waals surface area contributed by atoms with Crippen LogP contribution in [-0.4, -0.2) is 37.0 Å². The van der Waals surface area contributed by atoms with Crippen molar-refractivity contribution < 1.29 is 4.79 Å². The highest BCUT2D eigenvalue weighted by atomic mass is 16.2. The Balaban J connectivity index is 1.91. The molecule has 3 heteroatoms. The third-order valence-electron chi connectivity index (χ3n) is 4.32. The Kier molecular flexibility index (Phi) is 2.86. The van der Waals surface area contributed by atoms with Crippen molar-refractivity contribution in [2.45, 2.75) is 31.7 Å². The van der Waals surface area contributed by atoms with Crippen LogP contribution in [0.3, 0.4) is 0 Å². The Morgan fingerprint density at radius 1 is 1.17 bits per heavy atom. The number of hydrogen-bond acceptors (Lipinski definition) is 2. The maximum Gasteiger partial charge on any atom is 0.234 e. The van der Waals surface area contributed by atoms with Gasteiger partial charge in [-0.2, -0.15) is 0 Å². The maximum atomic E-state index is 12.5. The number of anilines is 1. The molecule has 2 aliphatic rings. The van der Waals surface area contributed by atoms with Gasteiger partial charge in [-0.3, -0.25) is 4.79 Å². The first-order chi connectivity index (χ1) is 8.68. The van der Waals surface area contributed by atoms with Crippen LogP contribution in [-0.2, 0) is 4.79 Å². The predicted octanol–water partition coefficient (Wildman–Crippen LogP) is 2.23. The van der Waals surface area contributed by atoms with Crippen LogP contribution < -0.4 is 4.90 Å². The fourth-order valence-electron chi connectivity index (χ4n) is 3.16. The SMILES string of the molecule is C[C@@H]1C(=O)N(C2CCN(C)CC2)c2ccccc21. The monoisotopic (exact) mass is 244 g/mol. The van der Waals surface area contributed by atoms with E-state index < -0.39 is 0 Å². The molecule has 0 aromatic heterocycles. The van der Waals surface area contributed by atoms with Crippen molar-refractivity contribution in [3.05, 3.63) is 29.8 Å². The summed E-state index contributed by atoms with van der Waals surface area (Å²) in [5, 5.41) is 0. The van der Waals surface area contributed by atoms with Crippen LogP contribution in [0.2, 0.25) is 0 Å². The Morgan fingerprint density at radius 2 is 1.83 bits per heavy atom. The molecule has 1 atom stereocenters. The summed E-state index contributed by atoms with van der Waals surface area (Å²) in [6.07, 6.45) is 2.17. The molecule has 0 spiro atoms. The number of hydrogen-bond donors (Lipinski definition) is 0. The fourth-order valence-corrected chi connectivity index (χ4v) is 3.16. The summed E-state index contributed by atoms with van der Waals surface area (Å²) < 4.78 is 0. The number of carbonyl (C=O) groups is 1. The molecule has 1 amide bonds. The number of fused-ring (bicyclic) bond motifs is 1. The molecule has 0 saturated carbocycles. The van der Waals surface area contributed by atoms with Gasteiger partial charge in [0.2, 0.25) is 5.91 Å². The number of benzene rings is 1. The quantitative estimate of drug-likeness (QED) is 0.756. The van der Waals surface area contributed by atoms with Gasteiger partial charge in [-0.25, -0.2) is 0 Å². The number of nitrogens with zero attached hydrogens (tertiary/aromatic N) is 2. The molecule has 3 nitrogen and oxygen atoms in total. The summed E-state index contributed by atoms with van der Waals surface area (Å²) in [5.41, 5.74) is 2.34. The highest BCUT2D eigenvalue weighted by molar-refractivity contribution is 6.05. The third kappa shape index (κ3) is 1.74. The minimum atomic E-state index is 0.0286. The molecule has 0 aliphatic carbocycles. The topological polar surface area (TPSA) is 23.6 Å². The van der Waals surface area contributed by atoms with Gasteiger partial charge in [0.05, 0.1) is 5.92 Å². The molecule has 18 heavy (non-hydrogen) atoms. The lowest BCUT2D eigenvalue weighted by Crippen LogP contribution is -2.45. The number of amides is 1. The van der Waals surface area contributed by atoms with Crippen LogP contribution in [0.5, 0.6) is 0 Å². The van der Waals surface area contributed by atoms with Gasteiger partial charge in [0.15, 0.2) is 0 Å². The van der Waals surface area contributed by atoms with E-state index in [9.17, 15) is 4.79 Å². The van der Waals surface area contributed by atoms with E-state index in [2.05, 4.69) is 29.0 Å². The summed E-state index contributed by atoms with van der Waals surface area (Å²) >= 11 is 0. The zero-order chi connectivity index (χ0) is 12.7. The molecule has 1 aromatic rings. The van der Waals surface area contributed by atoms with Gasteiger partial charge in [0.1, 0.15) is 0 Å². The second-order valence-corrected chi connectivity index (χ2v) is 5.52. The third-order valence-corrected chi connectivity index (χ3v) is 4.32. The van der Waals surface area contributed by atoms with Crippen molar-refractivity contribution in [2.24, 2.45) is 0 Å². The molecular weight excluding hydrogens is 224 g/mol. The van der Waals surface area contributed by atoms with Gasteiger partial charge in [-0.15, -0.1) is 0 Å². The van der Waals surface area contributed by atoms with Crippen molar-refractivity contribution in [2.75, 3.05) is 25.0 Å². The van der Waals surface area contributed by atoms with Crippen molar-refractivity contribution in [1.29, 1.82) is 0 Å². The molecule has 2 aliphatic heterocycles. The van der Waals surface area contributed by atoms with Gasteiger partial charge in [0.25, 0.3) is 0 Å². The molecule has 1 saturated heterocycles. The summed E-state index contributed by atoms with van der Waals surface area (Å²) in [6, 6.07) is 8.63. The van der Waals surface area contributed by atoms with E-state index >= 15 is 0 Å². The molecule has 0 N–H and O–H groups in total. The molecular formula is C15H20N2O. The average molecular weight is 244 g/mol. The van der Waals surface area contributed by atoms with E-state index in [4.69, 9.17) is 0 Å². The highest BCUT2D eigenvalue weighted by Crippen LogP contribution is 2.39. The van der Waals surface area contributed by atoms with E-state index in [1.807, 2.05) is 19.1 Å². The second kappa shape index (κ2) is 4.39. The van der Waals surface area contributed by atoms with E-state index in [-0.39, 0.29) is 11.8 Å². The lowest BCUT2D eigenvalue weighted by atomic mass is 10.0. The zero-order valence-electron chi connectivity index (χ0n) is 11.1. The van der Waals surface area contributed by atoms with Crippen LogP contribution in [0, 0.1) is 0 Å². The van der Waals surface area contributed by atoms with Crippen molar-refractivity contribution in [3.8, 4) is 0 Å². The highest BCUT2D eigenvalue weighted by Gasteiger charge is 2.38. The van der Waals surface area contributed by atoms with Crippen molar-refractivity contribution in [3.63, 3.8) is 0 Å². The summed E-state index contributed by atoms with van der Waals surface area (Å²) in [7, 11) is 2.15. The molecule has 1 fully saturated rings. The smallest absolute Gasteiger partial charge is 0.234 e. The number of rotatable bonds is 1. The van der Waals surface area contributed by atoms with Gasteiger partial charge < -0.3 is 9.80 Å². The van der Waals surface area contributed by atoms with Crippen LogP contribution in [0.25, 0.3) is 0 Å². The molecule has 0 unspecified atom stereocenters. The van der Waals surface area contributed by atoms with Crippen LogP contribution in [0.1, 0.15) is 31.2 Å². The molecule has 0 bridgehead atoms. The Hall–Kier alpha value is -1.35. The van der Waals surface area contributed by atoms with E-state index in [1.165, 1.54) is 5.56 Å². The molecule has 0 radical (unpaired) electrons. The second-order valence-electron chi connectivity index (χ2n) is 5.52. The van der Waals surface area contributed by atoms with Crippen LogP contribution >= 0.6 is 0 Å². The normalized spacial score (nSPS) is 25.6. The minimum Gasteiger partial charge on any atom is -0.308 e. The fraction of sp³-hybridized carbons (Fsp3) is 0.533. The lowest BCUT2D eigenvalue weighted by Gasteiger charge is -2.35. The van der Waals surface area contributed by atoms with E-state index in [1.54, 1.807) is 0 Å². The first kappa shape index (κ1) is 11.7. The number of carbonyl (C=O) groups excluding carboxylic acids is 1. The zero-order valence-corrected chi connectivity index (χ0v) is 11.1. The van der Waals surface area contributed by atoms with Crippen LogP contribution in [0.15, 0.2) is 24.3 Å². The van der Waals surface area contributed by atoms with Gasteiger partial charge in [-0.1, -0.05) is 18.2 Å². The van der Waals surface area contributed by atoms with Gasteiger partial charge in [0, 0.05) is 11.7 Å². The van der Waals surface area contributed by atoms with Crippen LogP contribution in [0.4, 0.5) is 5.69 Å². The minimum absolute atomic E-state index is 0.0286. The largest absolute Gasteiger partial charge is 0.308 e. The molecule has 2 heterocycles. The van der Waals surface area contributed by atoms with E-state index in [0.717, 1.165) is 31.6 Å². The standard InChI is InChI=1S/C15H20N2O/c1-11-13-5-3-4-6-14(13)17(15(11)18)12-7-9-16(2)10-8-12/h3-6,11-12H,7-10H2,1-2H3/t11-/m0/s1. The van der Waals surface area contributed by atoms with Gasteiger partial charge in [-0.05, 0) is 51.5 Å². The van der Waals surface area contributed by atoms with Gasteiger partial charge >= 0.3 is 0 Å². The first-order valence-corrected chi connectivity index (χ1v) is 6.79. The Labute approximate surface area is 108 Å². The van der Waals surface area contributed by atoms with Crippen molar-refractivity contribution in [1.82, 2.24) is 4.90 Å². The summed E-state index contributed by atoms with van der Waals surface area (Å²) in [4.78, 5) is 16.9. The molecule has 3 rings (SSSR count). The maximum absolute atomic E-state index is 12.5. The lowest BCUT2D eigenvalue weighted by molar-refractivity contribution is -0.119. The Bertz CT molecular complexity index is 463. The van der Waals surface area contributed by atoms with Crippen molar-refractivity contribution >= 4 is 11.6 Å². The van der Waals surface area contributed by atoms with E-state index in [0.29, 0.717) is 6.04 Å². The summed E-state index contributed by atoms with van der Waals surface area (Å²) in [6.45, 7) is 4.20. The molecule has 96 valence electrons. The number of piperidine rings is 1. The predicted molar refractivity (Wildman–Crippen MR) is 72.9 cm³/mol. The summed E-state index contributed by atoms with van der Waals surface area (Å²) in [5.74, 6) is 0.312. The first-order valence-electron chi connectivity index (χ1n) is 6.79. The number of likely N-dealkylation sites (tertiary alicyclic amines) is 1. The average Bonchev–Trinajstić information content (AvgIpc) is 2.64. The Morgan fingerprint density at radius 3 is 2.56 bits per heavy atom. The number of para-hydroxylation sites is 1.